The highest BCUT2D eigenvalue weighted by Crippen LogP contribution is 2.32. The monoisotopic (exact) mass is 351 g/mol. The van der Waals surface area contributed by atoms with Crippen LogP contribution < -0.4 is 16.0 Å². The minimum Gasteiger partial charge on any atom is -0.444 e. The van der Waals surface area contributed by atoms with Crippen LogP contribution in [0, 0.1) is 5.82 Å². The summed E-state index contributed by atoms with van der Waals surface area (Å²) in [4.78, 5) is 24.1. The normalized spacial score (nSPS) is 15.2. The highest BCUT2D eigenvalue weighted by atomic mass is 19.1. The molecule has 0 spiro atoms. The average Bonchev–Trinajstić information content (AvgIpc) is 2.74. The van der Waals surface area contributed by atoms with Gasteiger partial charge in [-0.05, 0) is 59.1 Å². The average molecular weight is 351 g/mol. The predicted octanol–water partition coefficient (Wildman–Crippen LogP) is 3.43. The molecular formula is C18H26FN3O3. The number of carbonyl (C=O) groups is 2. The molecule has 6 nitrogen and oxygen atoms in total. The van der Waals surface area contributed by atoms with E-state index in [4.69, 9.17) is 4.74 Å². The van der Waals surface area contributed by atoms with Crippen LogP contribution in [0.25, 0.3) is 0 Å². The lowest BCUT2D eigenvalue weighted by Crippen LogP contribution is -2.44. The fraction of sp³-hybridized carbons (Fsp3) is 0.556. The zero-order chi connectivity index (χ0) is 18.6. The molecule has 0 fully saturated rings. The van der Waals surface area contributed by atoms with Crippen molar-refractivity contribution in [3.8, 4) is 0 Å². The molecule has 138 valence electrons. The van der Waals surface area contributed by atoms with Crippen LogP contribution in [0.2, 0.25) is 0 Å². The number of ether oxygens (including phenoxy) is 1. The first-order chi connectivity index (χ1) is 11.7. The van der Waals surface area contributed by atoms with Crippen molar-refractivity contribution in [2.75, 3.05) is 17.2 Å². The molecule has 3 N–H and O–H groups in total. The van der Waals surface area contributed by atoms with E-state index < -0.39 is 23.6 Å². The second-order valence-electron chi connectivity index (χ2n) is 7.19. The molecule has 1 heterocycles. The fourth-order valence-corrected chi connectivity index (χ4v) is 2.60. The largest absolute Gasteiger partial charge is 0.444 e. The second kappa shape index (κ2) is 7.72. The first-order valence-corrected chi connectivity index (χ1v) is 8.53. The van der Waals surface area contributed by atoms with Gasteiger partial charge >= 0.3 is 6.09 Å². The Balaban J connectivity index is 2.06. The van der Waals surface area contributed by atoms with Crippen LogP contribution in [-0.4, -0.2) is 30.2 Å². The number of benzene rings is 1. The van der Waals surface area contributed by atoms with Gasteiger partial charge in [-0.2, -0.15) is 0 Å². The summed E-state index contributed by atoms with van der Waals surface area (Å²) in [6, 6.07) is 2.10. The Hall–Kier alpha value is -2.31. The zero-order valence-corrected chi connectivity index (χ0v) is 15.2. The maximum Gasteiger partial charge on any atom is 0.408 e. The van der Waals surface area contributed by atoms with Gasteiger partial charge in [0.1, 0.15) is 17.5 Å². The molecule has 2 amide bonds. The van der Waals surface area contributed by atoms with E-state index in [-0.39, 0.29) is 5.82 Å². The van der Waals surface area contributed by atoms with Crippen LogP contribution in [0.3, 0.4) is 0 Å². The minimum absolute atomic E-state index is 0.276. The second-order valence-corrected chi connectivity index (χ2v) is 7.19. The molecule has 1 aromatic carbocycles. The summed E-state index contributed by atoms with van der Waals surface area (Å²) in [6.45, 7) is 7.53. The number of nitrogens with one attached hydrogen (secondary N) is 3. The molecule has 0 radical (unpaired) electrons. The van der Waals surface area contributed by atoms with E-state index in [2.05, 4.69) is 16.0 Å². The van der Waals surface area contributed by atoms with Crippen molar-refractivity contribution in [3.05, 3.63) is 23.5 Å². The third kappa shape index (κ3) is 5.34. The van der Waals surface area contributed by atoms with Crippen LogP contribution in [0.15, 0.2) is 12.1 Å². The third-order valence-electron chi connectivity index (χ3n) is 3.80. The van der Waals surface area contributed by atoms with Crippen molar-refractivity contribution in [2.24, 2.45) is 0 Å². The van der Waals surface area contributed by atoms with Gasteiger partial charge in [0.05, 0.1) is 11.4 Å². The van der Waals surface area contributed by atoms with Gasteiger partial charge < -0.3 is 20.7 Å². The summed E-state index contributed by atoms with van der Waals surface area (Å²) in [6.07, 6.45) is 1.80. The highest BCUT2D eigenvalue weighted by Gasteiger charge is 2.23. The first kappa shape index (κ1) is 19.0. The molecule has 2 rings (SSSR count). The van der Waals surface area contributed by atoms with Crippen LogP contribution in [0.4, 0.5) is 20.6 Å². The van der Waals surface area contributed by atoms with E-state index in [9.17, 15) is 14.0 Å². The van der Waals surface area contributed by atoms with Crippen molar-refractivity contribution < 1.29 is 18.7 Å². The number of halogens is 1. The molecule has 1 aliphatic heterocycles. The van der Waals surface area contributed by atoms with Gasteiger partial charge in [0.15, 0.2) is 0 Å². The van der Waals surface area contributed by atoms with Gasteiger partial charge in [-0.25, -0.2) is 9.18 Å². The van der Waals surface area contributed by atoms with Gasteiger partial charge in [0.25, 0.3) is 0 Å². The minimum atomic E-state index is -0.790. The Morgan fingerprint density at radius 3 is 2.68 bits per heavy atom. The Bertz CT molecular complexity index is 656. The van der Waals surface area contributed by atoms with Gasteiger partial charge in [0.2, 0.25) is 5.91 Å². The number of fused-ring (bicyclic) bond motifs is 1. The van der Waals surface area contributed by atoms with Crippen LogP contribution in [-0.2, 0) is 16.0 Å². The van der Waals surface area contributed by atoms with Crippen molar-refractivity contribution in [1.29, 1.82) is 0 Å². The number of alkyl carbamates (subject to hydrolysis) is 1. The lowest BCUT2D eigenvalue weighted by atomic mass is 10.1. The number of anilines is 2. The SMILES string of the molecule is C[C@H](NC(=O)OC(C)(C)C)C(=O)Nc1ccc(F)c2c1NCCCC2. The van der Waals surface area contributed by atoms with E-state index in [1.54, 1.807) is 27.7 Å². The molecule has 1 atom stereocenters. The Morgan fingerprint density at radius 1 is 1.28 bits per heavy atom. The molecule has 1 aromatic rings. The van der Waals surface area contributed by atoms with Crippen molar-refractivity contribution in [1.82, 2.24) is 5.32 Å². The fourth-order valence-electron chi connectivity index (χ4n) is 2.60. The van der Waals surface area contributed by atoms with E-state index in [0.29, 0.717) is 23.4 Å². The van der Waals surface area contributed by atoms with E-state index in [0.717, 1.165) is 19.4 Å². The number of hydrogen-bond donors (Lipinski definition) is 3. The van der Waals surface area contributed by atoms with Gasteiger partial charge in [-0.15, -0.1) is 0 Å². The maximum absolute atomic E-state index is 14.0. The van der Waals surface area contributed by atoms with E-state index in [1.165, 1.54) is 12.1 Å². The summed E-state index contributed by atoms with van der Waals surface area (Å²) in [7, 11) is 0. The Morgan fingerprint density at radius 2 is 2.00 bits per heavy atom. The summed E-state index contributed by atoms with van der Waals surface area (Å²) in [5, 5.41) is 8.43. The molecule has 7 heteroatoms. The predicted molar refractivity (Wildman–Crippen MR) is 95.3 cm³/mol. The number of hydrogen-bond acceptors (Lipinski definition) is 4. The smallest absolute Gasteiger partial charge is 0.408 e. The molecule has 0 unspecified atom stereocenters. The number of rotatable bonds is 3. The molecule has 25 heavy (non-hydrogen) atoms. The molecule has 0 bridgehead atoms. The lowest BCUT2D eigenvalue weighted by Gasteiger charge is -2.22. The van der Waals surface area contributed by atoms with Crippen molar-refractivity contribution in [2.45, 2.75) is 58.6 Å². The molecule has 0 aromatic heterocycles. The highest BCUT2D eigenvalue weighted by molar-refractivity contribution is 5.99. The number of carbonyl (C=O) groups excluding carboxylic acids is 2. The van der Waals surface area contributed by atoms with Gasteiger partial charge in [-0.3, -0.25) is 4.79 Å². The van der Waals surface area contributed by atoms with Crippen LogP contribution in [0.5, 0.6) is 0 Å². The van der Waals surface area contributed by atoms with Gasteiger partial charge in [0, 0.05) is 12.1 Å². The molecule has 0 saturated heterocycles. The standard InChI is InChI=1S/C18H26FN3O3/c1-11(21-17(24)25-18(2,3)4)16(23)22-14-9-8-13(19)12-7-5-6-10-20-15(12)14/h8-9,11,20H,5-7,10H2,1-4H3,(H,21,24)(H,22,23)/t11-/m0/s1. The maximum atomic E-state index is 14.0. The van der Waals surface area contributed by atoms with Crippen LogP contribution >= 0.6 is 0 Å². The van der Waals surface area contributed by atoms with Crippen molar-refractivity contribution >= 4 is 23.4 Å². The van der Waals surface area contributed by atoms with E-state index >= 15 is 0 Å². The van der Waals surface area contributed by atoms with Crippen molar-refractivity contribution in [3.63, 3.8) is 0 Å². The summed E-state index contributed by atoms with van der Waals surface area (Å²) < 4.78 is 19.2. The van der Waals surface area contributed by atoms with Gasteiger partial charge in [-0.1, -0.05) is 0 Å². The third-order valence-corrected chi connectivity index (χ3v) is 3.80. The Kier molecular flexibility index (Phi) is 5.87. The molecular weight excluding hydrogens is 325 g/mol. The quantitative estimate of drug-likeness (QED) is 0.779. The molecule has 0 aliphatic carbocycles. The Labute approximate surface area is 147 Å². The summed E-state index contributed by atoms with van der Waals surface area (Å²) in [5.74, 6) is -0.673. The molecule has 0 saturated carbocycles. The lowest BCUT2D eigenvalue weighted by molar-refractivity contribution is -0.117. The summed E-state index contributed by atoms with van der Waals surface area (Å²) in [5.41, 5.74) is 1.08. The summed E-state index contributed by atoms with van der Waals surface area (Å²) >= 11 is 0. The topological polar surface area (TPSA) is 79.5 Å². The molecule has 1 aliphatic rings. The van der Waals surface area contributed by atoms with E-state index in [1.807, 2.05) is 0 Å². The van der Waals surface area contributed by atoms with Crippen LogP contribution in [0.1, 0.15) is 46.1 Å². The number of amides is 2. The zero-order valence-electron chi connectivity index (χ0n) is 15.2. The first-order valence-electron chi connectivity index (χ1n) is 8.53.